The van der Waals surface area contributed by atoms with Gasteiger partial charge in [0.15, 0.2) is 0 Å². The normalized spacial score (nSPS) is 13.2. The molecule has 0 saturated heterocycles. The van der Waals surface area contributed by atoms with Crippen LogP contribution in [0.5, 0.6) is 0 Å². The van der Waals surface area contributed by atoms with E-state index in [4.69, 9.17) is 16.3 Å². The van der Waals surface area contributed by atoms with E-state index in [0.717, 1.165) is 5.01 Å². The van der Waals surface area contributed by atoms with E-state index in [1.807, 2.05) is 33.1 Å². The molecule has 1 atom stereocenters. The van der Waals surface area contributed by atoms with Gasteiger partial charge in [0.2, 0.25) is 0 Å². The summed E-state index contributed by atoms with van der Waals surface area (Å²) < 4.78 is 5.35. The minimum Gasteiger partial charge on any atom is -0.444 e. The number of nitrogens with zero attached hydrogens (tertiary/aromatic N) is 2. The Morgan fingerprint density at radius 3 is 2.72 bits per heavy atom. The zero-order chi connectivity index (χ0) is 13.8. The molecule has 0 aliphatic heterocycles. The minimum absolute atomic E-state index is 0.127. The molecule has 4 nitrogen and oxygen atoms in total. The SMILES string of the molecule is CC(Cl)CN(Cc1nccs1)C(=O)OC(C)(C)C. The highest BCUT2D eigenvalue weighted by Gasteiger charge is 2.23. The third kappa shape index (κ3) is 5.69. The van der Waals surface area contributed by atoms with Gasteiger partial charge in [-0.25, -0.2) is 9.78 Å². The van der Waals surface area contributed by atoms with Crippen LogP contribution in [0.15, 0.2) is 11.6 Å². The van der Waals surface area contributed by atoms with E-state index in [1.54, 1.807) is 11.1 Å². The van der Waals surface area contributed by atoms with Crippen molar-refractivity contribution in [2.45, 2.75) is 45.2 Å². The number of aromatic nitrogens is 1. The van der Waals surface area contributed by atoms with Crippen LogP contribution < -0.4 is 0 Å². The first-order valence-corrected chi connectivity index (χ1v) is 7.10. The van der Waals surface area contributed by atoms with E-state index >= 15 is 0 Å². The fourth-order valence-corrected chi connectivity index (χ4v) is 2.13. The monoisotopic (exact) mass is 290 g/mol. The topological polar surface area (TPSA) is 42.4 Å². The van der Waals surface area contributed by atoms with Crippen LogP contribution in [0.3, 0.4) is 0 Å². The van der Waals surface area contributed by atoms with Gasteiger partial charge in [0.25, 0.3) is 0 Å². The van der Waals surface area contributed by atoms with Crippen LogP contribution in [0.2, 0.25) is 0 Å². The summed E-state index contributed by atoms with van der Waals surface area (Å²) >= 11 is 7.47. The van der Waals surface area contributed by atoms with Crippen molar-refractivity contribution < 1.29 is 9.53 Å². The van der Waals surface area contributed by atoms with Crippen LogP contribution in [0.25, 0.3) is 0 Å². The molecular formula is C12H19ClN2O2S. The number of halogens is 1. The number of carbonyl (C=O) groups is 1. The minimum atomic E-state index is -0.506. The molecule has 0 fully saturated rings. The van der Waals surface area contributed by atoms with E-state index < -0.39 is 5.60 Å². The van der Waals surface area contributed by atoms with Crippen LogP contribution in [0.4, 0.5) is 4.79 Å². The zero-order valence-electron chi connectivity index (χ0n) is 11.1. The molecule has 0 aromatic carbocycles. The second kappa shape index (κ2) is 6.38. The Balaban J connectivity index is 2.68. The summed E-state index contributed by atoms with van der Waals surface area (Å²) in [4.78, 5) is 17.8. The lowest BCUT2D eigenvalue weighted by Crippen LogP contribution is -2.39. The highest BCUT2D eigenvalue weighted by molar-refractivity contribution is 7.09. The first-order valence-electron chi connectivity index (χ1n) is 5.78. The standard InChI is InChI=1S/C12H19ClN2O2S/c1-9(13)7-15(8-10-14-5-6-18-10)11(16)17-12(2,3)4/h5-6,9H,7-8H2,1-4H3. The average Bonchev–Trinajstić information content (AvgIpc) is 2.65. The Labute approximate surface area is 117 Å². The summed E-state index contributed by atoms with van der Waals surface area (Å²) in [6, 6.07) is 0. The average molecular weight is 291 g/mol. The maximum Gasteiger partial charge on any atom is 0.410 e. The highest BCUT2D eigenvalue weighted by atomic mass is 35.5. The Morgan fingerprint density at radius 1 is 1.61 bits per heavy atom. The van der Waals surface area contributed by atoms with Gasteiger partial charge >= 0.3 is 6.09 Å². The van der Waals surface area contributed by atoms with Gasteiger partial charge < -0.3 is 4.74 Å². The molecule has 0 radical (unpaired) electrons. The number of alkyl halides is 1. The second-order valence-electron chi connectivity index (χ2n) is 5.07. The molecule has 1 aromatic heterocycles. The van der Waals surface area contributed by atoms with Crippen molar-refractivity contribution in [1.82, 2.24) is 9.88 Å². The number of carbonyl (C=O) groups excluding carboxylic acids is 1. The van der Waals surface area contributed by atoms with Crippen LogP contribution in [-0.2, 0) is 11.3 Å². The van der Waals surface area contributed by atoms with E-state index in [9.17, 15) is 4.79 Å². The van der Waals surface area contributed by atoms with Crippen LogP contribution in [0, 0.1) is 0 Å². The molecule has 6 heteroatoms. The highest BCUT2D eigenvalue weighted by Crippen LogP contribution is 2.15. The van der Waals surface area contributed by atoms with Gasteiger partial charge in [-0.2, -0.15) is 0 Å². The van der Waals surface area contributed by atoms with Crippen molar-refractivity contribution in [2.24, 2.45) is 0 Å². The smallest absolute Gasteiger partial charge is 0.410 e. The molecule has 18 heavy (non-hydrogen) atoms. The molecule has 0 aliphatic rings. The quantitative estimate of drug-likeness (QED) is 0.797. The molecule has 0 bridgehead atoms. The maximum atomic E-state index is 12.0. The first kappa shape index (κ1) is 15.2. The Hall–Kier alpha value is -0.810. The first-order chi connectivity index (χ1) is 8.28. The van der Waals surface area contributed by atoms with Gasteiger partial charge in [0.1, 0.15) is 10.6 Å². The van der Waals surface area contributed by atoms with E-state index in [0.29, 0.717) is 13.1 Å². The molecule has 0 aliphatic carbocycles. The van der Waals surface area contributed by atoms with Gasteiger partial charge in [0, 0.05) is 23.5 Å². The van der Waals surface area contributed by atoms with Gasteiger partial charge in [0.05, 0.1) is 6.54 Å². The molecule has 1 aromatic rings. The fourth-order valence-electron chi connectivity index (χ4n) is 1.33. The van der Waals surface area contributed by atoms with E-state index in [-0.39, 0.29) is 11.5 Å². The lowest BCUT2D eigenvalue weighted by Gasteiger charge is -2.27. The van der Waals surface area contributed by atoms with Crippen LogP contribution >= 0.6 is 22.9 Å². The predicted octanol–water partition coefficient (Wildman–Crippen LogP) is 3.51. The molecule has 0 N–H and O–H groups in total. The van der Waals surface area contributed by atoms with Crippen molar-refractivity contribution in [3.05, 3.63) is 16.6 Å². The molecule has 1 amide bonds. The van der Waals surface area contributed by atoms with Gasteiger partial charge in [-0.15, -0.1) is 22.9 Å². The maximum absolute atomic E-state index is 12.0. The summed E-state index contributed by atoms with van der Waals surface area (Å²) in [6.07, 6.45) is 1.36. The summed E-state index contributed by atoms with van der Waals surface area (Å²) in [5.41, 5.74) is -0.506. The van der Waals surface area contributed by atoms with Crippen LogP contribution in [0.1, 0.15) is 32.7 Å². The predicted molar refractivity (Wildman–Crippen MR) is 74.1 cm³/mol. The van der Waals surface area contributed by atoms with Gasteiger partial charge in [-0.05, 0) is 27.7 Å². The summed E-state index contributed by atoms with van der Waals surface area (Å²) in [7, 11) is 0. The molecular weight excluding hydrogens is 272 g/mol. The second-order valence-corrected chi connectivity index (χ2v) is 6.79. The summed E-state index contributed by atoms with van der Waals surface area (Å²) in [6.45, 7) is 8.25. The number of hydrogen-bond donors (Lipinski definition) is 0. The molecule has 1 rings (SSSR count). The van der Waals surface area contributed by atoms with Gasteiger partial charge in [-0.3, -0.25) is 4.90 Å². The molecule has 1 heterocycles. The number of ether oxygens (including phenoxy) is 1. The molecule has 1 unspecified atom stereocenters. The number of thiazole rings is 1. The van der Waals surface area contributed by atoms with Crippen molar-refractivity contribution >= 4 is 29.0 Å². The number of amides is 1. The number of rotatable bonds is 4. The fraction of sp³-hybridized carbons (Fsp3) is 0.667. The van der Waals surface area contributed by atoms with Gasteiger partial charge in [-0.1, -0.05) is 0 Å². The Bertz CT molecular complexity index is 374. The van der Waals surface area contributed by atoms with Crippen molar-refractivity contribution in [3.63, 3.8) is 0 Å². The molecule has 0 saturated carbocycles. The Kier molecular flexibility index (Phi) is 5.41. The third-order valence-electron chi connectivity index (χ3n) is 1.93. The largest absolute Gasteiger partial charge is 0.444 e. The zero-order valence-corrected chi connectivity index (χ0v) is 12.7. The Morgan fingerprint density at radius 2 is 2.28 bits per heavy atom. The van der Waals surface area contributed by atoms with Crippen molar-refractivity contribution in [3.8, 4) is 0 Å². The summed E-state index contributed by atoms with van der Waals surface area (Å²) in [5, 5.41) is 2.63. The van der Waals surface area contributed by atoms with Crippen molar-refractivity contribution in [1.29, 1.82) is 0 Å². The van der Waals surface area contributed by atoms with Crippen LogP contribution in [-0.4, -0.2) is 33.5 Å². The lowest BCUT2D eigenvalue weighted by atomic mass is 10.2. The lowest BCUT2D eigenvalue weighted by molar-refractivity contribution is 0.0235. The molecule has 0 spiro atoms. The number of hydrogen-bond acceptors (Lipinski definition) is 4. The summed E-state index contributed by atoms with van der Waals surface area (Å²) in [5.74, 6) is 0. The third-order valence-corrected chi connectivity index (χ3v) is 2.84. The van der Waals surface area contributed by atoms with E-state index in [2.05, 4.69) is 4.98 Å². The molecule has 102 valence electrons. The van der Waals surface area contributed by atoms with Crippen molar-refractivity contribution in [2.75, 3.05) is 6.54 Å². The van der Waals surface area contributed by atoms with E-state index in [1.165, 1.54) is 11.3 Å².